The number of hydrogen-bond donors (Lipinski definition) is 2. The van der Waals surface area contributed by atoms with Crippen LogP contribution in [-0.4, -0.2) is 50.5 Å². The Labute approximate surface area is 170 Å². The smallest absolute Gasteiger partial charge is 0.422 e. The molecule has 1 saturated carbocycles. The molecule has 0 amide bonds. The minimum absolute atomic E-state index is 0.0499. The molecule has 164 valence electrons. The Morgan fingerprint density at radius 1 is 1.24 bits per heavy atom. The predicted octanol–water partition coefficient (Wildman–Crippen LogP) is 3.67. The van der Waals surface area contributed by atoms with Crippen LogP contribution >= 0.6 is 0 Å². The lowest BCUT2D eigenvalue weighted by Gasteiger charge is -2.30. The first-order valence-electron chi connectivity index (χ1n) is 10.0. The molecule has 1 aliphatic carbocycles. The third-order valence-corrected chi connectivity index (χ3v) is 5.14. The van der Waals surface area contributed by atoms with Crippen LogP contribution in [0.25, 0.3) is 0 Å². The highest BCUT2D eigenvalue weighted by atomic mass is 19.4. The molecule has 0 spiro atoms. The number of ether oxygens (including phenoxy) is 2. The van der Waals surface area contributed by atoms with Crippen molar-refractivity contribution in [3.05, 3.63) is 23.9 Å². The van der Waals surface area contributed by atoms with E-state index in [1.807, 2.05) is 6.92 Å². The van der Waals surface area contributed by atoms with E-state index in [-0.39, 0.29) is 11.3 Å². The fourth-order valence-corrected chi connectivity index (χ4v) is 3.51. The van der Waals surface area contributed by atoms with Crippen molar-refractivity contribution in [2.45, 2.75) is 51.7 Å². The van der Waals surface area contributed by atoms with Gasteiger partial charge in [-0.05, 0) is 37.2 Å². The van der Waals surface area contributed by atoms with Crippen LogP contribution in [0.5, 0.6) is 5.88 Å². The summed E-state index contributed by atoms with van der Waals surface area (Å²) in [6.45, 7) is 3.47. The predicted molar refractivity (Wildman–Crippen MR) is 106 cm³/mol. The standard InChI is InChI=1S/C20H31F3N4O2/c1-3-28-11-10-19(8-4-5-9-19)14-27-18(24-2)26-13-16-6-7-17(25-12-16)29-15-20(21,22)23/h6-7,12H,3-5,8-11,13-15H2,1-2H3,(H2,24,26,27). The maximum absolute atomic E-state index is 12.2. The van der Waals surface area contributed by atoms with Crippen molar-refractivity contribution in [1.29, 1.82) is 0 Å². The lowest BCUT2D eigenvalue weighted by molar-refractivity contribution is -0.154. The van der Waals surface area contributed by atoms with Gasteiger partial charge in [0.05, 0.1) is 0 Å². The first-order valence-corrected chi connectivity index (χ1v) is 10.0. The first-order chi connectivity index (χ1) is 13.9. The van der Waals surface area contributed by atoms with Gasteiger partial charge in [0, 0.05) is 45.6 Å². The van der Waals surface area contributed by atoms with Crippen molar-refractivity contribution in [2.75, 3.05) is 33.4 Å². The van der Waals surface area contributed by atoms with Crippen LogP contribution < -0.4 is 15.4 Å². The zero-order valence-corrected chi connectivity index (χ0v) is 17.1. The monoisotopic (exact) mass is 416 g/mol. The molecule has 1 aromatic rings. The zero-order chi connectivity index (χ0) is 21.2. The van der Waals surface area contributed by atoms with Gasteiger partial charge < -0.3 is 20.1 Å². The van der Waals surface area contributed by atoms with Gasteiger partial charge in [0.25, 0.3) is 0 Å². The number of pyridine rings is 1. The maximum Gasteiger partial charge on any atom is 0.422 e. The molecule has 0 radical (unpaired) electrons. The summed E-state index contributed by atoms with van der Waals surface area (Å²) in [5, 5.41) is 6.63. The molecule has 6 nitrogen and oxygen atoms in total. The number of rotatable bonds is 10. The van der Waals surface area contributed by atoms with E-state index in [2.05, 4.69) is 25.3 Å². The Morgan fingerprint density at radius 2 is 2.00 bits per heavy atom. The molecule has 0 atom stereocenters. The van der Waals surface area contributed by atoms with Gasteiger partial charge in [-0.25, -0.2) is 4.98 Å². The highest BCUT2D eigenvalue weighted by Gasteiger charge is 2.33. The van der Waals surface area contributed by atoms with Crippen molar-refractivity contribution in [1.82, 2.24) is 15.6 Å². The molecule has 2 rings (SSSR count). The summed E-state index contributed by atoms with van der Waals surface area (Å²) in [6, 6.07) is 3.11. The highest BCUT2D eigenvalue weighted by Crippen LogP contribution is 2.40. The van der Waals surface area contributed by atoms with E-state index in [9.17, 15) is 13.2 Å². The SMILES string of the molecule is CCOCCC1(CNC(=NC)NCc2ccc(OCC(F)(F)F)nc2)CCCC1. The highest BCUT2D eigenvalue weighted by molar-refractivity contribution is 5.79. The van der Waals surface area contributed by atoms with Crippen molar-refractivity contribution in [3.8, 4) is 5.88 Å². The van der Waals surface area contributed by atoms with Crippen molar-refractivity contribution >= 4 is 5.96 Å². The molecule has 9 heteroatoms. The number of hydrogen-bond acceptors (Lipinski definition) is 4. The van der Waals surface area contributed by atoms with Crippen LogP contribution in [0.15, 0.2) is 23.3 Å². The molecule has 1 fully saturated rings. The van der Waals surface area contributed by atoms with Crippen molar-refractivity contribution in [3.63, 3.8) is 0 Å². The third kappa shape index (κ3) is 8.47. The lowest BCUT2D eigenvalue weighted by atomic mass is 9.83. The van der Waals surface area contributed by atoms with Gasteiger partial charge in [0.2, 0.25) is 5.88 Å². The lowest BCUT2D eigenvalue weighted by Crippen LogP contribution is -2.43. The van der Waals surface area contributed by atoms with E-state index < -0.39 is 12.8 Å². The molecule has 0 saturated heterocycles. The average molecular weight is 416 g/mol. The second-order valence-corrected chi connectivity index (χ2v) is 7.34. The molecular formula is C20H31F3N4O2. The summed E-state index contributed by atoms with van der Waals surface area (Å²) in [5.41, 5.74) is 1.06. The average Bonchev–Trinajstić information content (AvgIpc) is 3.16. The number of aromatic nitrogens is 1. The van der Waals surface area contributed by atoms with Crippen LogP contribution in [0.3, 0.4) is 0 Å². The second-order valence-electron chi connectivity index (χ2n) is 7.34. The minimum Gasteiger partial charge on any atom is -0.468 e. The fourth-order valence-electron chi connectivity index (χ4n) is 3.51. The van der Waals surface area contributed by atoms with Crippen molar-refractivity contribution in [2.24, 2.45) is 10.4 Å². The fraction of sp³-hybridized carbons (Fsp3) is 0.700. The van der Waals surface area contributed by atoms with E-state index in [0.29, 0.717) is 12.5 Å². The minimum atomic E-state index is -4.38. The van der Waals surface area contributed by atoms with Gasteiger partial charge in [-0.3, -0.25) is 4.99 Å². The Hall–Kier alpha value is -2.03. The number of halogens is 3. The van der Waals surface area contributed by atoms with E-state index in [4.69, 9.17) is 4.74 Å². The van der Waals surface area contributed by atoms with Crippen LogP contribution in [0.1, 0.15) is 44.6 Å². The Balaban J connectivity index is 1.79. The molecule has 2 N–H and O–H groups in total. The summed E-state index contributed by atoms with van der Waals surface area (Å²) in [7, 11) is 1.71. The number of alkyl halides is 3. The van der Waals surface area contributed by atoms with Crippen LogP contribution in [-0.2, 0) is 11.3 Å². The number of nitrogens with zero attached hydrogens (tertiary/aromatic N) is 2. The number of aliphatic imine (C=N–C) groups is 1. The molecular weight excluding hydrogens is 385 g/mol. The topological polar surface area (TPSA) is 67.8 Å². The number of guanidine groups is 1. The largest absolute Gasteiger partial charge is 0.468 e. The van der Waals surface area contributed by atoms with Crippen molar-refractivity contribution < 1.29 is 22.6 Å². The summed E-state index contributed by atoms with van der Waals surface area (Å²) in [4.78, 5) is 8.17. The normalized spacial score (nSPS) is 16.7. The van der Waals surface area contributed by atoms with E-state index >= 15 is 0 Å². The summed E-state index contributed by atoms with van der Waals surface area (Å²) in [6.07, 6.45) is 3.02. The van der Waals surface area contributed by atoms with E-state index in [1.165, 1.54) is 37.9 Å². The van der Waals surface area contributed by atoms with Gasteiger partial charge in [-0.15, -0.1) is 0 Å². The summed E-state index contributed by atoms with van der Waals surface area (Å²) >= 11 is 0. The Morgan fingerprint density at radius 3 is 2.59 bits per heavy atom. The van der Waals surface area contributed by atoms with Gasteiger partial charge in [-0.1, -0.05) is 18.9 Å². The van der Waals surface area contributed by atoms with Crippen LogP contribution in [0.4, 0.5) is 13.2 Å². The summed E-state index contributed by atoms with van der Waals surface area (Å²) < 4.78 is 46.7. The maximum atomic E-state index is 12.2. The van der Waals surface area contributed by atoms with Gasteiger partial charge in [-0.2, -0.15) is 13.2 Å². The first kappa shape index (κ1) is 23.3. The molecule has 29 heavy (non-hydrogen) atoms. The Bertz CT molecular complexity index is 630. The molecule has 1 heterocycles. The van der Waals surface area contributed by atoms with E-state index in [1.54, 1.807) is 13.1 Å². The third-order valence-electron chi connectivity index (χ3n) is 5.14. The van der Waals surface area contributed by atoms with Crippen LogP contribution in [0.2, 0.25) is 0 Å². The molecule has 1 aromatic heterocycles. The summed E-state index contributed by atoms with van der Waals surface area (Å²) in [5.74, 6) is 0.635. The quantitative estimate of drug-likeness (QED) is 0.346. The van der Waals surface area contributed by atoms with Gasteiger partial charge in [0.1, 0.15) is 0 Å². The molecule has 0 aromatic carbocycles. The number of nitrogens with one attached hydrogen (secondary N) is 2. The molecule has 1 aliphatic rings. The zero-order valence-electron chi connectivity index (χ0n) is 17.1. The second kappa shape index (κ2) is 11.2. The molecule has 0 unspecified atom stereocenters. The van der Waals surface area contributed by atoms with E-state index in [0.717, 1.165) is 31.7 Å². The Kier molecular flexibility index (Phi) is 9.00. The van der Waals surface area contributed by atoms with Crippen LogP contribution in [0, 0.1) is 5.41 Å². The molecule has 0 bridgehead atoms. The molecule has 0 aliphatic heterocycles. The van der Waals surface area contributed by atoms with Gasteiger partial charge in [0.15, 0.2) is 12.6 Å². The van der Waals surface area contributed by atoms with Gasteiger partial charge >= 0.3 is 6.18 Å².